The molecule has 3 rings (SSSR count). The van der Waals surface area contributed by atoms with Crippen LogP contribution in [0, 0.1) is 0 Å². The molecule has 0 aliphatic heterocycles. The van der Waals surface area contributed by atoms with Gasteiger partial charge >= 0.3 is 0 Å². The Morgan fingerprint density at radius 2 is 2.11 bits per heavy atom. The first kappa shape index (κ1) is 23.3. The molecule has 1 aliphatic carbocycles. The summed E-state index contributed by atoms with van der Waals surface area (Å²) in [6.45, 7) is 2.65. The SMILES string of the molecule is CCS(=O)C1CCCC(NC(=NC)NCc2nc(-c3ccccc3)cs2)C1.I. The van der Waals surface area contributed by atoms with Gasteiger partial charge in [0.1, 0.15) is 5.01 Å². The highest BCUT2D eigenvalue weighted by molar-refractivity contribution is 14.0. The number of hydrogen-bond acceptors (Lipinski definition) is 4. The van der Waals surface area contributed by atoms with E-state index in [9.17, 15) is 4.21 Å². The zero-order valence-electron chi connectivity index (χ0n) is 16.4. The van der Waals surface area contributed by atoms with E-state index >= 15 is 0 Å². The van der Waals surface area contributed by atoms with Gasteiger partial charge in [-0.3, -0.25) is 9.20 Å². The van der Waals surface area contributed by atoms with Gasteiger partial charge in [-0.05, 0) is 19.3 Å². The molecule has 28 heavy (non-hydrogen) atoms. The van der Waals surface area contributed by atoms with E-state index in [1.807, 2.05) is 25.1 Å². The number of aliphatic imine (C=N–C) groups is 1. The molecule has 0 spiro atoms. The van der Waals surface area contributed by atoms with Crippen molar-refractivity contribution < 1.29 is 4.21 Å². The van der Waals surface area contributed by atoms with Crippen molar-refractivity contribution >= 4 is 52.1 Å². The molecule has 1 aromatic heterocycles. The summed E-state index contributed by atoms with van der Waals surface area (Å²) in [5.41, 5.74) is 2.15. The number of rotatable bonds is 6. The van der Waals surface area contributed by atoms with Crippen LogP contribution in [0.2, 0.25) is 0 Å². The summed E-state index contributed by atoms with van der Waals surface area (Å²) in [6.07, 6.45) is 4.26. The molecule has 0 bridgehead atoms. The summed E-state index contributed by atoms with van der Waals surface area (Å²) in [7, 11) is 1.08. The van der Waals surface area contributed by atoms with Crippen LogP contribution in [-0.4, -0.2) is 39.2 Å². The van der Waals surface area contributed by atoms with E-state index in [2.05, 4.69) is 33.1 Å². The monoisotopic (exact) mass is 532 g/mol. The van der Waals surface area contributed by atoms with Crippen molar-refractivity contribution in [2.24, 2.45) is 4.99 Å². The minimum atomic E-state index is -0.708. The summed E-state index contributed by atoms with van der Waals surface area (Å²) < 4.78 is 12.1. The van der Waals surface area contributed by atoms with E-state index in [0.29, 0.717) is 17.8 Å². The van der Waals surface area contributed by atoms with E-state index in [1.54, 1.807) is 18.4 Å². The van der Waals surface area contributed by atoms with Crippen LogP contribution < -0.4 is 10.6 Å². The third-order valence-electron chi connectivity index (χ3n) is 4.88. The van der Waals surface area contributed by atoms with E-state index in [1.165, 1.54) is 0 Å². The first-order valence-corrected chi connectivity index (χ1v) is 11.8. The maximum absolute atomic E-state index is 12.1. The molecular formula is C20H29IN4OS2. The molecule has 1 aromatic carbocycles. The van der Waals surface area contributed by atoms with Crippen molar-refractivity contribution in [3.8, 4) is 11.3 Å². The van der Waals surface area contributed by atoms with Gasteiger partial charge < -0.3 is 10.6 Å². The smallest absolute Gasteiger partial charge is 0.191 e. The fourth-order valence-electron chi connectivity index (χ4n) is 3.43. The average Bonchev–Trinajstić information content (AvgIpc) is 3.20. The van der Waals surface area contributed by atoms with Crippen molar-refractivity contribution in [2.75, 3.05) is 12.8 Å². The first-order chi connectivity index (χ1) is 13.2. The van der Waals surface area contributed by atoms with Crippen LogP contribution in [0.4, 0.5) is 0 Å². The minimum absolute atomic E-state index is 0. The van der Waals surface area contributed by atoms with E-state index in [-0.39, 0.29) is 24.0 Å². The second kappa shape index (κ2) is 11.9. The van der Waals surface area contributed by atoms with Gasteiger partial charge in [0.25, 0.3) is 0 Å². The van der Waals surface area contributed by atoms with Crippen LogP contribution in [-0.2, 0) is 17.3 Å². The minimum Gasteiger partial charge on any atom is -0.354 e. The molecular weight excluding hydrogens is 503 g/mol. The number of hydrogen-bond donors (Lipinski definition) is 2. The zero-order chi connectivity index (χ0) is 19.1. The molecule has 1 saturated carbocycles. The van der Waals surface area contributed by atoms with Crippen LogP contribution in [0.15, 0.2) is 40.7 Å². The summed E-state index contributed by atoms with van der Waals surface area (Å²) >= 11 is 1.65. The maximum atomic E-state index is 12.1. The van der Waals surface area contributed by atoms with Gasteiger partial charge in [-0.15, -0.1) is 35.3 Å². The molecule has 0 amide bonds. The Morgan fingerprint density at radius 3 is 2.82 bits per heavy atom. The van der Waals surface area contributed by atoms with Gasteiger partial charge in [0.2, 0.25) is 0 Å². The van der Waals surface area contributed by atoms with Crippen LogP contribution in [0.3, 0.4) is 0 Å². The third-order valence-corrected chi connectivity index (χ3v) is 7.46. The van der Waals surface area contributed by atoms with Crippen molar-refractivity contribution in [3.05, 3.63) is 40.7 Å². The van der Waals surface area contributed by atoms with Gasteiger partial charge in [0.15, 0.2) is 5.96 Å². The highest BCUT2D eigenvalue weighted by Crippen LogP contribution is 2.23. The molecule has 3 atom stereocenters. The molecule has 0 radical (unpaired) electrons. The standard InChI is InChI=1S/C20H28N4OS2.HI/c1-3-27(25)17-11-7-10-16(12-17)23-20(21-2)22-13-19-24-18(14-26-19)15-8-5-4-6-9-15;/h4-6,8-9,14,16-17H,3,7,10-13H2,1-2H3,(H2,21,22,23);1H. The number of nitrogens with zero attached hydrogens (tertiary/aromatic N) is 2. The number of aromatic nitrogens is 1. The van der Waals surface area contributed by atoms with Crippen LogP contribution >= 0.6 is 35.3 Å². The Balaban J connectivity index is 0.00000280. The van der Waals surface area contributed by atoms with Crippen molar-refractivity contribution in [1.82, 2.24) is 15.6 Å². The lowest BCUT2D eigenvalue weighted by Gasteiger charge is -2.30. The quantitative estimate of drug-likeness (QED) is 0.333. The Kier molecular flexibility index (Phi) is 9.87. The molecule has 154 valence electrons. The Bertz CT molecular complexity index is 782. The number of guanidine groups is 1. The number of thiazole rings is 1. The highest BCUT2D eigenvalue weighted by Gasteiger charge is 2.26. The zero-order valence-corrected chi connectivity index (χ0v) is 20.4. The van der Waals surface area contributed by atoms with E-state index in [0.717, 1.165) is 53.7 Å². The number of halogens is 1. The molecule has 1 aliphatic rings. The fraction of sp³-hybridized carbons (Fsp3) is 0.500. The first-order valence-electron chi connectivity index (χ1n) is 9.53. The van der Waals surface area contributed by atoms with Crippen LogP contribution in [0.1, 0.15) is 37.6 Å². The second-order valence-electron chi connectivity index (χ2n) is 6.72. The van der Waals surface area contributed by atoms with Gasteiger partial charge in [0, 0.05) is 45.8 Å². The third kappa shape index (κ3) is 6.52. The lowest BCUT2D eigenvalue weighted by Crippen LogP contribution is -2.46. The highest BCUT2D eigenvalue weighted by atomic mass is 127. The van der Waals surface area contributed by atoms with Crippen molar-refractivity contribution in [3.63, 3.8) is 0 Å². The maximum Gasteiger partial charge on any atom is 0.191 e. The predicted molar refractivity (Wildman–Crippen MR) is 131 cm³/mol. The topological polar surface area (TPSA) is 66.4 Å². The summed E-state index contributed by atoms with van der Waals surface area (Å²) in [4.78, 5) is 9.06. The Morgan fingerprint density at radius 1 is 1.32 bits per heavy atom. The fourth-order valence-corrected chi connectivity index (χ4v) is 5.52. The average molecular weight is 533 g/mol. The van der Waals surface area contributed by atoms with Gasteiger partial charge in [-0.25, -0.2) is 4.98 Å². The lowest BCUT2D eigenvalue weighted by molar-refractivity contribution is 0.413. The van der Waals surface area contributed by atoms with Crippen LogP contribution in [0.5, 0.6) is 0 Å². The lowest BCUT2D eigenvalue weighted by atomic mass is 9.95. The van der Waals surface area contributed by atoms with Gasteiger partial charge in [0.05, 0.1) is 12.2 Å². The molecule has 0 saturated heterocycles. The van der Waals surface area contributed by atoms with Gasteiger partial charge in [-0.2, -0.15) is 0 Å². The molecule has 1 heterocycles. The molecule has 2 aromatic rings. The largest absolute Gasteiger partial charge is 0.354 e. The molecule has 5 nitrogen and oxygen atoms in total. The normalized spacial score (nSPS) is 20.9. The predicted octanol–water partition coefficient (Wildman–Crippen LogP) is 4.17. The Labute approximate surface area is 191 Å². The van der Waals surface area contributed by atoms with E-state index < -0.39 is 10.8 Å². The van der Waals surface area contributed by atoms with Gasteiger partial charge in [-0.1, -0.05) is 43.7 Å². The molecule has 3 unspecified atom stereocenters. The number of nitrogens with one attached hydrogen (secondary N) is 2. The van der Waals surface area contributed by atoms with Crippen molar-refractivity contribution in [1.29, 1.82) is 0 Å². The summed E-state index contributed by atoms with van der Waals surface area (Å²) in [5.74, 6) is 1.54. The summed E-state index contributed by atoms with van der Waals surface area (Å²) in [5, 5.41) is 10.3. The van der Waals surface area contributed by atoms with E-state index in [4.69, 9.17) is 4.98 Å². The molecule has 8 heteroatoms. The summed E-state index contributed by atoms with van der Waals surface area (Å²) in [6, 6.07) is 10.6. The van der Waals surface area contributed by atoms with Crippen LogP contribution in [0.25, 0.3) is 11.3 Å². The second-order valence-corrected chi connectivity index (χ2v) is 9.67. The molecule has 1 fully saturated rings. The molecule has 2 N–H and O–H groups in total. The van der Waals surface area contributed by atoms with Crippen molar-refractivity contribution in [2.45, 2.75) is 50.4 Å². The Hall–Kier alpha value is -1.000. The number of benzene rings is 1.